The Balaban J connectivity index is 2.43. The van der Waals surface area contributed by atoms with E-state index in [2.05, 4.69) is 15.2 Å². The summed E-state index contributed by atoms with van der Waals surface area (Å²) < 4.78 is 5.06. The Kier molecular flexibility index (Phi) is 1.51. The second-order valence-electron chi connectivity index (χ2n) is 2.15. The van der Waals surface area contributed by atoms with Gasteiger partial charge in [-0.15, -0.1) is 5.10 Å². The highest BCUT2D eigenvalue weighted by Gasteiger charge is 2.06. The molecule has 5 nitrogen and oxygen atoms in total. The molecule has 0 aliphatic rings. The van der Waals surface area contributed by atoms with Crippen molar-refractivity contribution in [3.05, 3.63) is 17.4 Å². The molecule has 2 heterocycles. The van der Waals surface area contributed by atoms with Crippen LogP contribution >= 0.6 is 11.6 Å². The number of nitrogens with one attached hydrogen (secondary N) is 1. The molecule has 0 saturated heterocycles. The van der Waals surface area contributed by atoms with Gasteiger partial charge in [-0.2, -0.15) is 4.98 Å². The quantitative estimate of drug-likeness (QED) is 0.700. The molecule has 12 heavy (non-hydrogen) atoms. The molecule has 3 N–H and O–H groups in total. The molecule has 2 aromatic rings. The van der Waals surface area contributed by atoms with Crippen LogP contribution in [0.3, 0.4) is 0 Å². The smallest absolute Gasteiger partial charge is 0.239 e. The largest absolute Gasteiger partial charge is 0.441 e. The van der Waals surface area contributed by atoms with Crippen molar-refractivity contribution in [1.82, 2.24) is 15.2 Å². The molecule has 0 radical (unpaired) electrons. The Morgan fingerprint density at radius 3 is 2.83 bits per heavy atom. The molecule has 62 valence electrons. The predicted molar refractivity (Wildman–Crippen MR) is 43.5 cm³/mol. The summed E-state index contributed by atoms with van der Waals surface area (Å²) in [5, 5.41) is 6.54. The molecule has 0 aromatic carbocycles. The van der Waals surface area contributed by atoms with Gasteiger partial charge in [0.2, 0.25) is 5.95 Å². The summed E-state index contributed by atoms with van der Waals surface area (Å²) in [5.41, 5.74) is 5.29. The van der Waals surface area contributed by atoms with Crippen molar-refractivity contribution in [2.75, 3.05) is 5.73 Å². The topological polar surface area (TPSA) is 80.7 Å². The summed E-state index contributed by atoms with van der Waals surface area (Å²) in [7, 11) is 0. The van der Waals surface area contributed by atoms with E-state index in [-0.39, 0.29) is 5.95 Å². The van der Waals surface area contributed by atoms with E-state index in [1.54, 1.807) is 12.1 Å². The predicted octanol–water partition coefficient (Wildman–Crippen LogP) is 1.30. The molecule has 0 aliphatic heterocycles. The van der Waals surface area contributed by atoms with E-state index in [0.717, 1.165) is 0 Å². The Morgan fingerprint density at radius 1 is 1.50 bits per heavy atom. The van der Waals surface area contributed by atoms with Crippen molar-refractivity contribution in [3.63, 3.8) is 0 Å². The Bertz CT molecular complexity index is 355. The number of hydrogen-bond donors (Lipinski definition) is 2. The lowest BCUT2D eigenvalue weighted by atomic mass is 10.4. The van der Waals surface area contributed by atoms with Gasteiger partial charge < -0.3 is 10.2 Å². The number of aromatic nitrogens is 3. The van der Waals surface area contributed by atoms with Gasteiger partial charge in [0.05, 0.1) is 0 Å². The zero-order chi connectivity index (χ0) is 8.55. The zero-order valence-electron chi connectivity index (χ0n) is 5.91. The summed E-state index contributed by atoms with van der Waals surface area (Å²) >= 11 is 5.56. The number of halogens is 1. The van der Waals surface area contributed by atoms with Gasteiger partial charge in [-0.05, 0) is 23.7 Å². The maximum Gasteiger partial charge on any atom is 0.239 e. The molecule has 2 rings (SSSR count). The molecular weight excluding hydrogens is 180 g/mol. The van der Waals surface area contributed by atoms with Crippen LogP contribution < -0.4 is 5.73 Å². The number of furan rings is 1. The lowest BCUT2D eigenvalue weighted by molar-refractivity contribution is 0.579. The zero-order valence-corrected chi connectivity index (χ0v) is 6.67. The second-order valence-corrected chi connectivity index (χ2v) is 2.52. The van der Waals surface area contributed by atoms with E-state index in [9.17, 15) is 0 Å². The molecule has 0 spiro atoms. The van der Waals surface area contributed by atoms with E-state index < -0.39 is 0 Å². The number of anilines is 1. The van der Waals surface area contributed by atoms with Crippen LogP contribution in [0.15, 0.2) is 16.5 Å². The number of aromatic amines is 1. The highest BCUT2D eigenvalue weighted by Crippen LogP contribution is 2.21. The average Bonchev–Trinajstić information content (AvgIpc) is 2.58. The molecular formula is C6H5ClN4O. The maximum atomic E-state index is 5.56. The van der Waals surface area contributed by atoms with Gasteiger partial charge in [-0.3, -0.25) is 5.10 Å². The van der Waals surface area contributed by atoms with Crippen LogP contribution in [0.1, 0.15) is 0 Å². The Hall–Kier alpha value is -1.49. The van der Waals surface area contributed by atoms with Crippen LogP contribution in [-0.4, -0.2) is 15.2 Å². The first kappa shape index (κ1) is 7.17. The number of nitrogens with two attached hydrogens (primary N) is 1. The summed E-state index contributed by atoms with van der Waals surface area (Å²) in [5.74, 6) is 1.17. The lowest BCUT2D eigenvalue weighted by Crippen LogP contribution is -1.85. The van der Waals surface area contributed by atoms with Crippen molar-refractivity contribution < 1.29 is 4.42 Å². The maximum absolute atomic E-state index is 5.56. The van der Waals surface area contributed by atoms with E-state index in [4.69, 9.17) is 21.8 Å². The Morgan fingerprint density at radius 2 is 2.33 bits per heavy atom. The second kappa shape index (κ2) is 2.53. The molecule has 2 aromatic heterocycles. The van der Waals surface area contributed by atoms with Crippen LogP contribution in [0, 0.1) is 0 Å². The first-order chi connectivity index (χ1) is 5.75. The number of nitrogen functional groups attached to an aromatic ring is 1. The number of hydrogen-bond acceptors (Lipinski definition) is 4. The van der Waals surface area contributed by atoms with Crippen LogP contribution in [0.5, 0.6) is 0 Å². The lowest BCUT2D eigenvalue weighted by Gasteiger charge is -1.85. The fourth-order valence-electron chi connectivity index (χ4n) is 0.827. The highest BCUT2D eigenvalue weighted by molar-refractivity contribution is 6.28. The van der Waals surface area contributed by atoms with Gasteiger partial charge in [0, 0.05) is 0 Å². The van der Waals surface area contributed by atoms with E-state index in [0.29, 0.717) is 16.8 Å². The van der Waals surface area contributed by atoms with Crippen molar-refractivity contribution in [2.24, 2.45) is 0 Å². The standard InChI is InChI=1S/C6H5ClN4O/c7-4-2-1-3(12-4)5-9-6(8)11-10-5/h1-2H,(H3,8,9,10,11). The first-order valence-electron chi connectivity index (χ1n) is 3.19. The van der Waals surface area contributed by atoms with E-state index >= 15 is 0 Å². The summed E-state index contributed by atoms with van der Waals surface area (Å²) in [4.78, 5) is 3.85. The Labute approximate surface area is 72.5 Å². The molecule has 0 aliphatic carbocycles. The molecule has 0 atom stereocenters. The van der Waals surface area contributed by atoms with Crippen molar-refractivity contribution in [3.8, 4) is 11.6 Å². The summed E-state index contributed by atoms with van der Waals surface area (Å²) in [6, 6.07) is 3.30. The number of rotatable bonds is 1. The summed E-state index contributed by atoms with van der Waals surface area (Å²) in [6.07, 6.45) is 0. The molecule has 0 saturated carbocycles. The SMILES string of the molecule is Nc1n[nH]c(-c2ccc(Cl)o2)n1. The van der Waals surface area contributed by atoms with Crippen molar-refractivity contribution in [1.29, 1.82) is 0 Å². The molecule has 6 heteroatoms. The van der Waals surface area contributed by atoms with Gasteiger partial charge in [0.25, 0.3) is 0 Å². The fourth-order valence-corrected chi connectivity index (χ4v) is 0.973. The summed E-state index contributed by atoms with van der Waals surface area (Å²) in [6.45, 7) is 0. The number of H-pyrrole nitrogens is 1. The molecule has 0 unspecified atom stereocenters. The number of nitrogens with zero attached hydrogens (tertiary/aromatic N) is 2. The molecule has 0 fully saturated rings. The van der Waals surface area contributed by atoms with E-state index in [1.165, 1.54) is 0 Å². The normalized spacial score (nSPS) is 10.4. The van der Waals surface area contributed by atoms with Gasteiger partial charge in [0.1, 0.15) is 0 Å². The van der Waals surface area contributed by atoms with Gasteiger partial charge in [-0.1, -0.05) is 0 Å². The van der Waals surface area contributed by atoms with Crippen LogP contribution in [0.25, 0.3) is 11.6 Å². The van der Waals surface area contributed by atoms with Crippen LogP contribution in [-0.2, 0) is 0 Å². The average molecular weight is 185 g/mol. The highest BCUT2D eigenvalue weighted by atomic mass is 35.5. The van der Waals surface area contributed by atoms with Gasteiger partial charge >= 0.3 is 0 Å². The minimum Gasteiger partial charge on any atom is -0.441 e. The van der Waals surface area contributed by atoms with Crippen molar-refractivity contribution in [2.45, 2.75) is 0 Å². The van der Waals surface area contributed by atoms with E-state index in [1.807, 2.05) is 0 Å². The fraction of sp³-hybridized carbons (Fsp3) is 0. The molecule has 0 amide bonds. The first-order valence-corrected chi connectivity index (χ1v) is 3.57. The molecule has 0 bridgehead atoms. The minimum atomic E-state index is 0.178. The third-order valence-electron chi connectivity index (χ3n) is 1.31. The third-order valence-corrected chi connectivity index (χ3v) is 1.51. The monoisotopic (exact) mass is 184 g/mol. The van der Waals surface area contributed by atoms with Crippen LogP contribution in [0.2, 0.25) is 5.22 Å². The van der Waals surface area contributed by atoms with Gasteiger partial charge in [0.15, 0.2) is 16.8 Å². The van der Waals surface area contributed by atoms with Gasteiger partial charge in [-0.25, -0.2) is 0 Å². The van der Waals surface area contributed by atoms with Crippen LogP contribution in [0.4, 0.5) is 5.95 Å². The minimum absolute atomic E-state index is 0.178. The third kappa shape index (κ3) is 1.14. The van der Waals surface area contributed by atoms with Crippen molar-refractivity contribution >= 4 is 17.5 Å².